The number of benzene rings is 7. The van der Waals surface area contributed by atoms with Crippen LogP contribution in [0, 0.1) is 13.8 Å². The summed E-state index contributed by atoms with van der Waals surface area (Å²) in [6, 6.07) is 57.8. The van der Waals surface area contributed by atoms with E-state index in [2.05, 4.69) is 168 Å². The van der Waals surface area contributed by atoms with Gasteiger partial charge in [-0.25, -0.2) is 0 Å². The summed E-state index contributed by atoms with van der Waals surface area (Å²) < 4.78 is 0. The van der Waals surface area contributed by atoms with Crippen LogP contribution >= 0.6 is 0 Å². The summed E-state index contributed by atoms with van der Waals surface area (Å²) in [7, 11) is 0. The first-order chi connectivity index (χ1) is 24.6. The zero-order valence-electron chi connectivity index (χ0n) is 28.1. The van der Waals surface area contributed by atoms with Crippen molar-refractivity contribution in [2.45, 2.75) is 13.8 Å². The normalized spacial score (nSPS) is 11.4. The number of fused-ring (bicyclic) bond motifs is 3. The molecular weight excluding hydrogens is 605 g/mol. The highest BCUT2D eigenvalue weighted by molar-refractivity contribution is 6.22. The smallest absolute Gasteiger partial charge is 0.0378 e. The van der Waals surface area contributed by atoms with E-state index in [0.717, 1.165) is 11.4 Å². The van der Waals surface area contributed by atoms with Gasteiger partial charge in [-0.2, -0.15) is 0 Å². The van der Waals surface area contributed by atoms with Crippen LogP contribution in [0.3, 0.4) is 0 Å². The van der Waals surface area contributed by atoms with Crippen molar-refractivity contribution in [1.82, 2.24) is 9.97 Å². The fraction of sp³-hybridized carbons (Fsp3) is 0.0417. The third-order valence-corrected chi connectivity index (χ3v) is 9.91. The molecule has 0 saturated heterocycles. The van der Waals surface area contributed by atoms with E-state index in [1.165, 1.54) is 88.0 Å². The van der Waals surface area contributed by atoms with Gasteiger partial charge in [0, 0.05) is 23.8 Å². The Bertz CT molecular complexity index is 2700. The first-order valence-electron chi connectivity index (χ1n) is 17.1. The van der Waals surface area contributed by atoms with Gasteiger partial charge in [-0.15, -0.1) is 0 Å². The Kier molecular flexibility index (Phi) is 7.29. The average Bonchev–Trinajstić information content (AvgIpc) is 3.17. The SMILES string of the molecule is Cc1cc(-c2ccc(-c3c4ccccc4c(-c4ccc(-c5ccnc(C)c5)cc4)c4cc(-c5ccc6ccccc6c5)ccc34)cc2)ccn1. The van der Waals surface area contributed by atoms with E-state index in [4.69, 9.17) is 0 Å². The van der Waals surface area contributed by atoms with E-state index >= 15 is 0 Å². The summed E-state index contributed by atoms with van der Waals surface area (Å²) in [5, 5.41) is 7.47. The highest BCUT2D eigenvalue weighted by Crippen LogP contribution is 2.45. The molecule has 0 saturated carbocycles. The van der Waals surface area contributed by atoms with Crippen molar-refractivity contribution in [3.8, 4) is 55.6 Å². The van der Waals surface area contributed by atoms with Gasteiger partial charge in [-0.3, -0.25) is 9.97 Å². The van der Waals surface area contributed by atoms with Crippen molar-refractivity contribution in [3.63, 3.8) is 0 Å². The molecule has 0 spiro atoms. The van der Waals surface area contributed by atoms with Crippen LogP contribution in [0.4, 0.5) is 0 Å². The zero-order valence-corrected chi connectivity index (χ0v) is 28.1. The molecule has 0 fully saturated rings. The van der Waals surface area contributed by atoms with Gasteiger partial charge in [0.25, 0.3) is 0 Å². The fourth-order valence-corrected chi connectivity index (χ4v) is 7.46. The third-order valence-electron chi connectivity index (χ3n) is 9.91. The molecule has 0 aliphatic rings. The third kappa shape index (κ3) is 5.32. The Balaban J connectivity index is 1.28. The Hall–Kier alpha value is -6.38. The summed E-state index contributed by atoms with van der Waals surface area (Å²) in [5.41, 5.74) is 14.1. The lowest BCUT2D eigenvalue weighted by Gasteiger charge is -2.19. The van der Waals surface area contributed by atoms with Crippen LogP contribution < -0.4 is 0 Å². The average molecular weight is 639 g/mol. The summed E-state index contributed by atoms with van der Waals surface area (Å²) in [5.74, 6) is 0. The molecule has 7 aromatic carbocycles. The summed E-state index contributed by atoms with van der Waals surface area (Å²) >= 11 is 0. The largest absolute Gasteiger partial charge is 0.262 e. The van der Waals surface area contributed by atoms with Gasteiger partial charge in [0.1, 0.15) is 0 Å². The van der Waals surface area contributed by atoms with Crippen molar-refractivity contribution >= 4 is 32.3 Å². The molecule has 2 heteroatoms. The number of nitrogens with zero attached hydrogens (tertiary/aromatic N) is 2. The Morgan fingerprint density at radius 2 is 0.720 bits per heavy atom. The van der Waals surface area contributed by atoms with Crippen molar-refractivity contribution < 1.29 is 0 Å². The minimum atomic E-state index is 1.02. The molecule has 2 heterocycles. The standard InChI is InChI=1S/C48H34N2/c1-31-27-41(23-25-49-31)34-11-16-36(17-12-34)47-43-9-5-6-10-44(43)48(37-18-13-35(14-19-37)42-24-26-50-32(2)28-42)46-30-40(21-22-45(46)47)39-20-15-33-7-3-4-8-38(33)29-39/h3-30H,1-2H3. The minimum absolute atomic E-state index is 1.02. The molecule has 9 aromatic rings. The molecule has 0 aliphatic carbocycles. The first-order valence-corrected chi connectivity index (χ1v) is 17.1. The molecule has 0 atom stereocenters. The second-order valence-electron chi connectivity index (χ2n) is 13.1. The quantitative estimate of drug-likeness (QED) is 0.175. The number of pyridine rings is 2. The maximum absolute atomic E-state index is 4.40. The highest BCUT2D eigenvalue weighted by atomic mass is 14.7. The highest BCUT2D eigenvalue weighted by Gasteiger charge is 2.18. The van der Waals surface area contributed by atoms with Gasteiger partial charge in [0.2, 0.25) is 0 Å². The van der Waals surface area contributed by atoms with Gasteiger partial charge >= 0.3 is 0 Å². The van der Waals surface area contributed by atoms with E-state index < -0.39 is 0 Å². The van der Waals surface area contributed by atoms with Crippen molar-refractivity contribution in [2.75, 3.05) is 0 Å². The predicted molar refractivity (Wildman–Crippen MR) is 211 cm³/mol. The van der Waals surface area contributed by atoms with Crippen molar-refractivity contribution in [2.24, 2.45) is 0 Å². The maximum Gasteiger partial charge on any atom is 0.0378 e. The van der Waals surface area contributed by atoms with Crippen LogP contribution in [0.1, 0.15) is 11.4 Å². The molecule has 2 nitrogen and oxygen atoms in total. The summed E-state index contributed by atoms with van der Waals surface area (Å²) in [6.45, 7) is 4.08. The molecule has 0 radical (unpaired) electrons. The lowest BCUT2D eigenvalue weighted by atomic mass is 9.84. The van der Waals surface area contributed by atoms with Gasteiger partial charge in [0.15, 0.2) is 0 Å². The van der Waals surface area contributed by atoms with E-state index in [1.54, 1.807) is 0 Å². The number of rotatable bonds is 5. The van der Waals surface area contributed by atoms with Crippen LogP contribution in [-0.2, 0) is 0 Å². The lowest BCUT2D eigenvalue weighted by molar-refractivity contribution is 1.20. The van der Waals surface area contributed by atoms with E-state index in [9.17, 15) is 0 Å². The fourth-order valence-electron chi connectivity index (χ4n) is 7.46. The predicted octanol–water partition coefficient (Wildman–Crippen LogP) is 12.9. The van der Waals surface area contributed by atoms with Gasteiger partial charge in [-0.05, 0) is 138 Å². The molecule has 0 unspecified atom stereocenters. The van der Waals surface area contributed by atoms with Gasteiger partial charge in [-0.1, -0.05) is 121 Å². The topological polar surface area (TPSA) is 25.8 Å². The molecular formula is C48H34N2. The number of aromatic nitrogens is 2. The van der Waals surface area contributed by atoms with E-state index in [1.807, 2.05) is 26.2 Å². The Morgan fingerprint density at radius 3 is 1.30 bits per heavy atom. The van der Waals surface area contributed by atoms with Crippen LogP contribution in [0.25, 0.3) is 88.0 Å². The monoisotopic (exact) mass is 638 g/mol. The molecule has 0 bridgehead atoms. The van der Waals surface area contributed by atoms with Crippen LogP contribution in [0.2, 0.25) is 0 Å². The number of hydrogen-bond donors (Lipinski definition) is 0. The van der Waals surface area contributed by atoms with Crippen LogP contribution in [-0.4, -0.2) is 9.97 Å². The number of hydrogen-bond acceptors (Lipinski definition) is 2. The molecule has 236 valence electrons. The second-order valence-corrected chi connectivity index (χ2v) is 13.1. The zero-order chi connectivity index (χ0) is 33.6. The number of aryl methyl sites for hydroxylation is 2. The Labute approximate surface area is 292 Å². The molecule has 0 N–H and O–H groups in total. The summed E-state index contributed by atoms with van der Waals surface area (Å²) in [6.07, 6.45) is 3.77. The molecule has 0 amide bonds. The van der Waals surface area contributed by atoms with Crippen LogP contribution in [0.5, 0.6) is 0 Å². The maximum atomic E-state index is 4.40. The molecule has 0 aliphatic heterocycles. The molecule has 50 heavy (non-hydrogen) atoms. The van der Waals surface area contributed by atoms with E-state index in [0.29, 0.717) is 0 Å². The Morgan fingerprint density at radius 1 is 0.300 bits per heavy atom. The lowest BCUT2D eigenvalue weighted by Crippen LogP contribution is -1.92. The minimum Gasteiger partial charge on any atom is -0.262 e. The first kappa shape index (κ1) is 29.7. The van der Waals surface area contributed by atoms with Gasteiger partial charge < -0.3 is 0 Å². The second kappa shape index (κ2) is 12.3. The summed E-state index contributed by atoms with van der Waals surface area (Å²) in [4.78, 5) is 8.80. The van der Waals surface area contributed by atoms with Crippen LogP contribution in [0.15, 0.2) is 170 Å². The van der Waals surface area contributed by atoms with Crippen molar-refractivity contribution in [3.05, 3.63) is 182 Å². The van der Waals surface area contributed by atoms with E-state index in [-0.39, 0.29) is 0 Å². The van der Waals surface area contributed by atoms with Crippen molar-refractivity contribution in [1.29, 1.82) is 0 Å². The molecule has 2 aromatic heterocycles. The molecule has 9 rings (SSSR count). The van der Waals surface area contributed by atoms with Gasteiger partial charge in [0.05, 0.1) is 0 Å².